The fraction of sp³-hybridized carbons (Fsp3) is 0.444. The lowest BCUT2D eigenvalue weighted by atomic mass is 10.1. The molecule has 6 nitrogen and oxygen atoms in total. The molecule has 1 N–H and O–H groups in total. The van der Waals surface area contributed by atoms with E-state index in [9.17, 15) is 9.59 Å². The Morgan fingerprint density at radius 1 is 1.32 bits per heavy atom. The molecule has 2 rings (SSSR count). The number of aromatic nitrogens is 2. The predicted molar refractivity (Wildman–Crippen MR) is 97.7 cm³/mol. The van der Waals surface area contributed by atoms with Crippen LogP contribution in [0.15, 0.2) is 27.8 Å². The van der Waals surface area contributed by atoms with Gasteiger partial charge in [0.2, 0.25) is 5.91 Å². The molecule has 134 valence electrons. The van der Waals surface area contributed by atoms with E-state index in [-0.39, 0.29) is 17.4 Å². The summed E-state index contributed by atoms with van der Waals surface area (Å²) in [4.78, 5) is 32.7. The zero-order valence-electron chi connectivity index (χ0n) is 15.0. The van der Waals surface area contributed by atoms with Gasteiger partial charge < -0.3 is 9.73 Å². The zero-order chi connectivity index (χ0) is 18.4. The molecule has 25 heavy (non-hydrogen) atoms. The molecule has 2 aromatic rings. The summed E-state index contributed by atoms with van der Waals surface area (Å²) in [6, 6.07) is 3.51. The van der Waals surface area contributed by atoms with Gasteiger partial charge in [0.05, 0.1) is 23.3 Å². The number of thioether (sulfide) groups is 1. The third kappa shape index (κ3) is 5.42. The largest absolute Gasteiger partial charge is 0.461 e. The Balaban J connectivity index is 2.14. The first-order valence-electron chi connectivity index (χ1n) is 8.21. The minimum atomic E-state index is -0.119. The SMILES string of the molecule is CC(=O)c1c(C)nc(-c2ccco2)nc1SCC(=O)NCCC(C)C. The maximum Gasteiger partial charge on any atom is 0.230 e. The van der Waals surface area contributed by atoms with Crippen LogP contribution in [-0.4, -0.2) is 34.0 Å². The van der Waals surface area contributed by atoms with Crippen LogP contribution in [0.1, 0.15) is 43.2 Å². The molecule has 0 aliphatic rings. The molecule has 0 fully saturated rings. The fourth-order valence-corrected chi connectivity index (χ4v) is 3.21. The molecule has 1 amide bonds. The van der Waals surface area contributed by atoms with Gasteiger partial charge in [-0.3, -0.25) is 9.59 Å². The van der Waals surface area contributed by atoms with Gasteiger partial charge >= 0.3 is 0 Å². The van der Waals surface area contributed by atoms with Crippen molar-refractivity contribution in [2.45, 2.75) is 39.1 Å². The maximum absolute atomic E-state index is 12.0. The van der Waals surface area contributed by atoms with Crippen LogP contribution in [0.5, 0.6) is 0 Å². The number of nitrogens with zero attached hydrogens (tertiary/aromatic N) is 2. The van der Waals surface area contributed by atoms with Crippen molar-refractivity contribution in [1.29, 1.82) is 0 Å². The highest BCUT2D eigenvalue weighted by Gasteiger charge is 2.18. The summed E-state index contributed by atoms with van der Waals surface area (Å²) in [7, 11) is 0. The molecule has 0 aliphatic carbocycles. The number of rotatable bonds is 8. The van der Waals surface area contributed by atoms with E-state index < -0.39 is 0 Å². The van der Waals surface area contributed by atoms with E-state index in [1.54, 1.807) is 25.3 Å². The first-order chi connectivity index (χ1) is 11.9. The molecule has 0 spiro atoms. The lowest BCUT2D eigenvalue weighted by molar-refractivity contribution is -0.118. The average molecular weight is 361 g/mol. The molecule has 7 heteroatoms. The average Bonchev–Trinajstić information content (AvgIpc) is 3.06. The summed E-state index contributed by atoms with van der Waals surface area (Å²) in [5.41, 5.74) is 1.03. The number of Topliss-reactive ketones (excluding diaryl/α,β-unsaturated/α-hetero) is 1. The molecule has 0 unspecified atom stereocenters. The Kier molecular flexibility index (Phi) is 6.75. The van der Waals surface area contributed by atoms with Gasteiger partial charge in [-0.1, -0.05) is 25.6 Å². The lowest BCUT2D eigenvalue weighted by Gasteiger charge is -2.11. The minimum absolute atomic E-state index is 0.0732. The van der Waals surface area contributed by atoms with Gasteiger partial charge in [-0.15, -0.1) is 0 Å². The summed E-state index contributed by atoms with van der Waals surface area (Å²) < 4.78 is 5.33. The zero-order valence-corrected chi connectivity index (χ0v) is 15.8. The number of ketones is 1. The monoisotopic (exact) mass is 361 g/mol. The van der Waals surface area contributed by atoms with Crippen LogP contribution in [0.4, 0.5) is 0 Å². The Morgan fingerprint density at radius 3 is 2.68 bits per heavy atom. The second-order valence-electron chi connectivity index (χ2n) is 6.17. The third-order valence-electron chi connectivity index (χ3n) is 3.53. The van der Waals surface area contributed by atoms with Crippen LogP contribution in [-0.2, 0) is 4.79 Å². The van der Waals surface area contributed by atoms with Gasteiger partial charge in [-0.2, -0.15) is 0 Å². The molecule has 2 heterocycles. The van der Waals surface area contributed by atoms with Crippen LogP contribution in [0, 0.1) is 12.8 Å². The molecule has 0 radical (unpaired) electrons. The van der Waals surface area contributed by atoms with E-state index in [0.29, 0.717) is 40.3 Å². The highest BCUT2D eigenvalue weighted by atomic mass is 32.2. The molecule has 0 saturated carbocycles. The molecule has 2 aromatic heterocycles. The van der Waals surface area contributed by atoms with Gasteiger partial charge in [0.25, 0.3) is 0 Å². The first-order valence-corrected chi connectivity index (χ1v) is 9.20. The van der Waals surface area contributed by atoms with Gasteiger partial charge in [0.1, 0.15) is 5.03 Å². The van der Waals surface area contributed by atoms with Crippen molar-refractivity contribution in [3.05, 3.63) is 29.7 Å². The minimum Gasteiger partial charge on any atom is -0.461 e. The van der Waals surface area contributed by atoms with E-state index in [4.69, 9.17) is 4.42 Å². The van der Waals surface area contributed by atoms with Crippen molar-refractivity contribution in [1.82, 2.24) is 15.3 Å². The summed E-state index contributed by atoms with van der Waals surface area (Å²) in [6.07, 6.45) is 2.48. The number of aryl methyl sites for hydroxylation is 1. The third-order valence-corrected chi connectivity index (χ3v) is 4.51. The van der Waals surface area contributed by atoms with E-state index >= 15 is 0 Å². The van der Waals surface area contributed by atoms with Crippen LogP contribution < -0.4 is 5.32 Å². The smallest absolute Gasteiger partial charge is 0.230 e. The van der Waals surface area contributed by atoms with Gasteiger partial charge in [-0.25, -0.2) is 9.97 Å². The van der Waals surface area contributed by atoms with Crippen LogP contribution in [0.2, 0.25) is 0 Å². The molecule has 0 atom stereocenters. The van der Waals surface area contributed by atoms with Crippen LogP contribution >= 0.6 is 11.8 Å². The molecule has 0 aromatic carbocycles. The summed E-state index contributed by atoms with van der Waals surface area (Å²) >= 11 is 1.24. The van der Waals surface area contributed by atoms with Crippen LogP contribution in [0.3, 0.4) is 0 Å². The molecular weight excluding hydrogens is 338 g/mol. The highest BCUT2D eigenvalue weighted by molar-refractivity contribution is 8.00. The van der Waals surface area contributed by atoms with Crippen molar-refractivity contribution >= 4 is 23.5 Å². The van der Waals surface area contributed by atoms with Crippen LogP contribution in [0.25, 0.3) is 11.6 Å². The number of hydrogen-bond acceptors (Lipinski definition) is 6. The topological polar surface area (TPSA) is 85.1 Å². The number of hydrogen-bond donors (Lipinski definition) is 1. The number of nitrogens with one attached hydrogen (secondary N) is 1. The number of amides is 1. The van der Waals surface area contributed by atoms with E-state index in [0.717, 1.165) is 6.42 Å². The van der Waals surface area contributed by atoms with E-state index in [2.05, 4.69) is 29.1 Å². The molecule has 0 bridgehead atoms. The summed E-state index contributed by atoms with van der Waals surface area (Å²) in [6.45, 7) is 8.11. The Labute approximate surface area is 151 Å². The number of carbonyl (C=O) groups excluding carboxylic acids is 2. The van der Waals surface area contributed by atoms with E-state index in [1.807, 2.05) is 0 Å². The maximum atomic E-state index is 12.0. The van der Waals surface area contributed by atoms with Gasteiger partial charge in [0, 0.05) is 6.54 Å². The Morgan fingerprint density at radius 2 is 2.08 bits per heavy atom. The Hall–Kier alpha value is -2.15. The second kappa shape index (κ2) is 8.80. The van der Waals surface area contributed by atoms with Crippen molar-refractivity contribution in [3.8, 4) is 11.6 Å². The molecule has 0 saturated heterocycles. The number of furan rings is 1. The fourth-order valence-electron chi connectivity index (χ4n) is 2.26. The van der Waals surface area contributed by atoms with Gasteiger partial charge in [-0.05, 0) is 38.3 Å². The number of carbonyl (C=O) groups is 2. The standard InChI is InChI=1S/C18H23N3O3S/c1-11(2)7-8-19-15(23)10-25-18-16(13(4)22)12(3)20-17(21-18)14-6-5-9-24-14/h5-6,9,11H,7-8,10H2,1-4H3,(H,19,23). The first kappa shape index (κ1) is 19.2. The Bertz CT molecular complexity index is 742. The van der Waals surface area contributed by atoms with Crippen molar-refractivity contribution < 1.29 is 14.0 Å². The summed E-state index contributed by atoms with van der Waals surface area (Å²) in [5.74, 6) is 1.49. The second-order valence-corrected chi connectivity index (χ2v) is 7.13. The highest BCUT2D eigenvalue weighted by Crippen LogP contribution is 2.26. The van der Waals surface area contributed by atoms with Gasteiger partial charge in [0.15, 0.2) is 17.4 Å². The normalized spacial score (nSPS) is 10.9. The van der Waals surface area contributed by atoms with Crippen molar-refractivity contribution in [2.24, 2.45) is 5.92 Å². The van der Waals surface area contributed by atoms with Crippen molar-refractivity contribution in [2.75, 3.05) is 12.3 Å². The lowest BCUT2D eigenvalue weighted by Crippen LogP contribution is -2.27. The van der Waals surface area contributed by atoms with E-state index in [1.165, 1.54) is 18.7 Å². The van der Waals surface area contributed by atoms with Crippen molar-refractivity contribution in [3.63, 3.8) is 0 Å². The summed E-state index contributed by atoms with van der Waals surface area (Å²) in [5, 5.41) is 3.39. The molecule has 0 aliphatic heterocycles. The predicted octanol–water partition coefficient (Wildman–Crippen LogP) is 3.50. The molecular formula is C18H23N3O3S. The quantitative estimate of drug-likeness (QED) is 0.440.